The minimum absolute atomic E-state index is 0.00157. The maximum atomic E-state index is 12.8. The molecule has 46 heavy (non-hydrogen) atoms. The molecule has 256 valence electrons. The predicted octanol–water partition coefficient (Wildman–Crippen LogP) is 9.50. The Labute approximate surface area is 276 Å². The summed E-state index contributed by atoms with van der Waals surface area (Å²) in [5.41, 5.74) is 0.234. The number of hydrogen-bond acceptors (Lipinski definition) is 8. The van der Waals surface area contributed by atoms with Crippen molar-refractivity contribution < 1.29 is 33.3 Å². The number of rotatable bonds is 2. The lowest BCUT2D eigenvalue weighted by Gasteiger charge is -2.32. The molecule has 0 unspecified atom stereocenters. The maximum Gasteiger partial charge on any atom is 0.490 e. The van der Waals surface area contributed by atoms with Gasteiger partial charge in [-0.05, 0) is 71.3 Å². The zero-order chi connectivity index (χ0) is 33.4. The fourth-order valence-corrected chi connectivity index (χ4v) is 5.87. The van der Waals surface area contributed by atoms with E-state index in [-0.39, 0.29) is 48.3 Å². The molecular weight excluding hydrogens is 585 g/mol. The molecule has 2 aliphatic rings. The van der Waals surface area contributed by atoms with E-state index in [1.807, 2.05) is 0 Å². The van der Waals surface area contributed by atoms with Gasteiger partial charge in [0.15, 0.2) is 0 Å². The fraction of sp³-hybridized carbons (Fsp3) is 0.722. The van der Waals surface area contributed by atoms with Crippen LogP contribution in [0.5, 0.6) is 0 Å². The lowest BCUT2D eigenvalue weighted by atomic mass is 9.74. The van der Waals surface area contributed by atoms with E-state index >= 15 is 0 Å². The van der Waals surface area contributed by atoms with Crippen molar-refractivity contribution in [2.75, 3.05) is 13.2 Å². The molecule has 9 nitrogen and oxygen atoms in total. The van der Waals surface area contributed by atoms with E-state index in [1.54, 1.807) is 0 Å². The molecule has 0 amide bonds. The first kappa shape index (κ1) is 37.7. The molecule has 1 aromatic rings. The number of non-ortho nitro benzene ring substituents is 1. The molecule has 0 saturated carbocycles. The van der Waals surface area contributed by atoms with E-state index in [9.17, 15) is 19.7 Å². The number of nitro benzene ring substituents is 1. The molecular formula is C36H56BNO8. The summed E-state index contributed by atoms with van der Waals surface area (Å²) in [4.78, 5) is 36.3. The van der Waals surface area contributed by atoms with Crippen LogP contribution >= 0.6 is 0 Å². The summed E-state index contributed by atoms with van der Waals surface area (Å²) >= 11 is 0. The molecule has 1 fully saturated rings. The number of allylic oxidation sites excluding steroid dienone is 2. The number of nitro groups is 1. The van der Waals surface area contributed by atoms with Gasteiger partial charge in [0.25, 0.3) is 5.69 Å². The van der Waals surface area contributed by atoms with Crippen molar-refractivity contribution >= 4 is 24.7 Å². The summed E-state index contributed by atoms with van der Waals surface area (Å²) in [6.45, 7) is 8.89. The predicted molar refractivity (Wildman–Crippen MR) is 181 cm³/mol. The van der Waals surface area contributed by atoms with E-state index in [0.29, 0.717) is 6.42 Å². The van der Waals surface area contributed by atoms with Crippen molar-refractivity contribution in [3.8, 4) is 0 Å². The van der Waals surface area contributed by atoms with Crippen LogP contribution in [0.2, 0.25) is 0 Å². The number of hydrogen-bond donors (Lipinski definition) is 0. The summed E-state index contributed by atoms with van der Waals surface area (Å²) in [6, 6.07) is 3.60. The highest BCUT2D eigenvalue weighted by Gasteiger charge is 2.52. The number of fused-ring (bicyclic) bond motifs is 1. The zero-order valence-corrected chi connectivity index (χ0v) is 28.7. The van der Waals surface area contributed by atoms with E-state index in [1.165, 1.54) is 49.7 Å². The van der Waals surface area contributed by atoms with Crippen molar-refractivity contribution in [1.29, 1.82) is 0 Å². The van der Waals surface area contributed by atoms with Gasteiger partial charge in [-0.3, -0.25) is 10.1 Å². The standard InChI is InChI=1S/C36H56BNO8/c1-35(2)36(3,4)46-37(45-35)29-22-18-14-10-6-5-8-12-16-20-26-43-33(39)31-25-24-30(38(41)42)28-32(31)34(40)44-27-21-17-13-9-7-11-15-19-23-29/h22,24-25,28H,5-21,23,26-27H2,1-4H3/b29-22-. The molecule has 2 aliphatic heterocycles. The van der Waals surface area contributed by atoms with Crippen LogP contribution in [0.25, 0.3) is 0 Å². The first-order valence-electron chi connectivity index (χ1n) is 17.7. The second kappa shape index (κ2) is 19.2. The Balaban J connectivity index is 1.54. The number of cyclic esters (lactones) is 2. The summed E-state index contributed by atoms with van der Waals surface area (Å²) in [5.74, 6) is -1.40. The second-order valence-electron chi connectivity index (χ2n) is 13.8. The van der Waals surface area contributed by atoms with Gasteiger partial charge in [-0.15, -0.1) is 0 Å². The van der Waals surface area contributed by atoms with Crippen LogP contribution in [0, 0.1) is 10.1 Å². The van der Waals surface area contributed by atoms with E-state index in [0.717, 1.165) is 83.1 Å². The Kier molecular flexibility index (Phi) is 15.7. The number of benzene rings is 1. The Morgan fingerprint density at radius 1 is 0.652 bits per heavy atom. The largest absolute Gasteiger partial charge is 0.490 e. The molecule has 1 saturated heterocycles. The van der Waals surface area contributed by atoms with Gasteiger partial charge in [-0.2, -0.15) is 0 Å². The average molecular weight is 642 g/mol. The number of nitrogens with zero attached hydrogens (tertiary/aromatic N) is 1. The minimum atomic E-state index is -0.738. The number of carbonyl (C=O) groups is 2. The van der Waals surface area contributed by atoms with Gasteiger partial charge in [0.05, 0.1) is 40.5 Å². The third kappa shape index (κ3) is 12.1. The highest BCUT2D eigenvalue weighted by Crippen LogP contribution is 2.39. The Hall–Kier alpha value is -2.72. The number of ether oxygens (including phenoxy) is 2. The molecule has 0 spiro atoms. The van der Waals surface area contributed by atoms with Gasteiger partial charge in [-0.1, -0.05) is 89.5 Å². The number of carbonyl (C=O) groups excluding carboxylic acids is 2. The normalized spacial score (nSPS) is 23.5. The van der Waals surface area contributed by atoms with Crippen LogP contribution in [-0.2, 0) is 18.8 Å². The van der Waals surface area contributed by atoms with Gasteiger partial charge in [0.1, 0.15) is 0 Å². The van der Waals surface area contributed by atoms with Gasteiger partial charge >= 0.3 is 19.1 Å². The molecule has 3 rings (SSSR count). The Morgan fingerprint density at radius 3 is 1.63 bits per heavy atom. The SMILES string of the molecule is CC1(C)OB(/C2=C\CCCCCCCCCCOC(=O)c3ccc([N+](=O)[O-])cc3C(=O)OCCCCCCCCCC2)OC1(C)C. The zero-order valence-electron chi connectivity index (χ0n) is 28.7. The van der Waals surface area contributed by atoms with Gasteiger partial charge in [0, 0.05) is 12.1 Å². The van der Waals surface area contributed by atoms with Crippen molar-refractivity contribution in [2.45, 2.75) is 154 Å². The van der Waals surface area contributed by atoms with Crippen LogP contribution in [0.1, 0.15) is 164 Å². The van der Waals surface area contributed by atoms with Crippen LogP contribution in [0.4, 0.5) is 5.69 Å². The van der Waals surface area contributed by atoms with Crippen LogP contribution < -0.4 is 0 Å². The molecule has 10 heteroatoms. The monoisotopic (exact) mass is 641 g/mol. The first-order valence-corrected chi connectivity index (χ1v) is 17.7. The Bertz CT molecular complexity index is 1150. The van der Waals surface area contributed by atoms with Crippen molar-refractivity contribution in [1.82, 2.24) is 0 Å². The maximum absolute atomic E-state index is 12.8. The van der Waals surface area contributed by atoms with Crippen molar-refractivity contribution in [2.24, 2.45) is 0 Å². The van der Waals surface area contributed by atoms with Crippen LogP contribution in [0.15, 0.2) is 29.7 Å². The summed E-state index contributed by atoms with van der Waals surface area (Å²) in [5, 5.41) is 11.3. The van der Waals surface area contributed by atoms with Gasteiger partial charge in [-0.25, -0.2) is 9.59 Å². The third-order valence-corrected chi connectivity index (χ3v) is 9.54. The molecule has 0 radical (unpaired) electrons. The number of esters is 2. The van der Waals surface area contributed by atoms with Gasteiger partial charge in [0.2, 0.25) is 0 Å². The molecule has 0 aliphatic carbocycles. The van der Waals surface area contributed by atoms with Gasteiger partial charge < -0.3 is 18.8 Å². The first-order chi connectivity index (χ1) is 22.0. The molecule has 0 N–H and O–H groups in total. The van der Waals surface area contributed by atoms with Crippen molar-refractivity contribution in [3.63, 3.8) is 0 Å². The fourth-order valence-electron chi connectivity index (χ4n) is 5.87. The quantitative estimate of drug-likeness (QED) is 0.136. The molecule has 0 aromatic heterocycles. The third-order valence-electron chi connectivity index (χ3n) is 9.54. The van der Waals surface area contributed by atoms with Crippen LogP contribution in [0.3, 0.4) is 0 Å². The Morgan fingerprint density at radius 2 is 1.11 bits per heavy atom. The summed E-state index contributed by atoms with van der Waals surface area (Å²) < 4.78 is 23.7. The molecule has 2 heterocycles. The topological polar surface area (TPSA) is 114 Å². The highest BCUT2D eigenvalue weighted by molar-refractivity contribution is 6.54. The van der Waals surface area contributed by atoms with E-state index in [4.69, 9.17) is 18.8 Å². The van der Waals surface area contributed by atoms with E-state index in [2.05, 4.69) is 33.8 Å². The van der Waals surface area contributed by atoms with Crippen LogP contribution in [-0.4, -0.2) is 48.4 Å². The summed E-state index contributed by atoms with van der Waals surface area (Å²) in [6.07, 6.45) is 21.5. The van der Waals surface area contributed by atoms with Crippen molar-refractivity contribution in [3.05, 3.63) is 51.0 Å². The highest BCUT2D eigenvalue weighted by atomic mass is 16.7. The van der Waals surface area contributed by atoms with E-state index < -0.39 is 16.9 Å². The summed E-state index contributed by atoms with van der Waals surface area (Å²) in [7, 11) is -0.262. The average Bonchev–Trinajstić information content (AvgIpc) is 3.23. The lowest BCUT2D eigenvalue weighted by molar-refractivity contribution is -0.384. The molecule has 0 bridgehead atoms. The smallest absolute Gasteiger partial charge is 0.462 e. The molecule has 0 atom stereocenters. The molecule has 1 aromatic carbocycles. The second-order valence-corrected chi connectivity index (χ2v) is 13.8. The lowest BCUT2D eigenvalue weighted by Crippen LogP contribution is -2.41. The minimum Gasteiger partial charge on any atom is -0.462 e.